The van der Waals surface area contributed by atoms with Gasteiger partial charge in [-0.2, -0.15) is 0 Å². The zero-order chi connectivity index (χ0) is 13.1. The van der Waals surface area contributed by atoms with E-state index in [9.17, 15) is 8.78 Å². The molecule has 6 heteroatoms. The lowest BCUT2D eigenvalue weighted by Crippen LogP contribution is -2.06. The molecule has 2 rings (SSSR count). The van der Waals surface area contributed by atoms with E-state index in [-0.39, 0.29) is 17.9 Å². The van der Waals surface area contributed by atoms with Crippen LogP contribution < -0.4 is 11.1 Å². The zero-order valence-corrected chi connectivity index (χ0v) is 9.84. The van der Waals surface area contributed by atoms with Gasteiger partial charge < -0.3 is 15.5 Å². The van der Waals surface area contributed by atoms with Gasteiger partial charge in [0.05, 0.1) is 24.1 Å². The highest BCUT2D eigenvalue weighted by Crippen LogP contribution is 2.25. The highest BCUT2D eigenvalue weighted by atomic mass is 19.2. The topological polar surface area (TPSA) is 64.1 Å². The number of anilines is 2. The fourth-order valence-corrected chi connectivity index (χ4v) is 1.50. The van der Waals surface area contributed by atoms with Crippen molar-refractivity contribution >= 4 is 11.4 Å². The van der Waals surface area contributed by atoms with E-state index >= 15 is 0 Å². The smallest absolute Gasteiger partial charge is 0.213 e. The van der Waals surface area contributed by atoms with Crippen LogP contribution in [0.25, 0.3) is 0 Å². The number of aryl methyl sites for hydroxylation is 1. The standard InChI is InChI=1S/C12H13F2N3O/c1-2-7-5-16-10(18-7)6-17-12-9(15)4-3-8(13)11(12)14/h3-5,17H,2,6,15H2,1H3. The number of nitrogens with one attached hydrogen (secondary N) is 1. The van der Waals surface area contributed by atoms with Gasteiger partial charge in [0.15, 0.2) is 11.6 Å². The first kappa shape index (κ1) is 12.3. The van der Waals surface area contributed by atoms with Crippen molar-refractivity contribution in [3.63, 3.8) is 0 Å². The summed E-state index contributed by atoms with van der Waals surface area (Å²) in [7, 11) is 0. The van der Waals surface area contributed by atoms with Crippen molar-refractivity contribution in [1.82, 2.24) is 4.98 Å². The number of nitrogens with two attached hydrogens (primary N) is 1. The van der Waals surface area contributed by atoms with E-state index in [0.717, 1.165) is 18.2 Å². The maximum absolute atomic E-state index is 13.5. The summed E-state index contributed by atoms with van der Waals surface area (Å²) in [5.74, 6) is -0.819. The number of hydrogen-bond acceptors (Lipinski definition) is 4. The lowest BCUT2D eigenvalue weighted by atomic mass is 10.2. The molecule has 0 saturated carbocycles. The molecule has 4 nitrogen and oxygen atoms in total. The summed E-state index contributed by atoms with van der Waals surface area (Å²) in [4.78, 5) is 4.00. The molecule has 1 aromatic heterocycles. The first-order chi connectivity index (χ1) is 8.61. The van der Waals surface area contributed by atoms with E-state index in [0.29, 0.717) is 5.89 Å². The lowest BCUT2D eigenvalue weighted by Gasteiger charge is -2.09. The van der Waals surface area contributed by atoms with Gasteiger partial charge in [-0.05, 0) is 12.1 Å². The number of nitrogen functional groups attached to an aromatic ring is 1. The summed E-state index contributed by atoms with van der Waals surface area (Å²) in [6, 6.07) is 2.28. The van der Waals surface area contributed by atoms with E-state index in [4.69, 9.17) is 10.2 Å². The van der Waals surface area contributed by atoms with Gasteiger partial charge in [0.1, 0.15) is 5.76 Å². The van der Waals surface area contributed by atoms with Gasteiger partial charge in [-0.25, -0.2) is 13.8 Å². The molecule has 0 spiro atoms. The minimum absolute atomic E-state index is 0.0775. The lowest BCUT2D eigenvalue weighted by molar-refractivity contribution is 0.464. The Bertz CT molecular complexity index is 554. The fraction of sp³-hybridized carbons (Fsp3) is 0.250. The number of aromatic nitrogens is 1. The first-order valence-corrected chi connectivity index (χ1v) is 5.52. The highest BCUT2D eigenvalue weighted by Gasteiger charge is 2.12. The van der Waals surface area contributed by atoms with Gasteiger partial charge in [0, 0.05) is 6.42 Å². The van der Waals surface area contributed by atoms with Crippen LogP contribution in [0.5, 0.6) is 0 Å². The van der Waals surface area contributed by atoms with Crippen LogP contribution in [0.15, 0.2) is 22.7 Å². The maximum Gasteiger partial charge on any atom is 0.213 e. The van der Waals surface area contributed by atoms with E-state index in [1.807, 2.05) is 6.92 Å². The first-order valence-electron chi connectivity index (χ1n) is 5.52. The number of nitrogens with zero attached hydrogens (tertiary/aromatic N) is 1. The van der Waals surface area contributed by atoms with Crippen LogP contribution in [-0.2, 0) is 13.0 Å². The molecule has 0 atom stereocenters. The molecule has 0 radical (unpaired) electrons. The third-order valence-corrected chi connectivity index (χ3v) is 2.49. The summed E-state index contributed by atoms with van der Waals surface area (Å²) in [5.41, 5.74) is 5.62. The molecular weight excluding hydrogens is 240 g/mol. The molecule has 0 saturated heterocycles. The van der Waals surface area contributed by atoms with Crippen molar-refractivity contribution in [2.45, 2.75) is 19.9 Å². The number of benzene rings is 1. The Labute approximate surface area is 103 Å². The second-order valence-corrected chi connectivity index (χ2v) is 3.75. The maximum atomic E-state index is 13.5. The fourth-order valence-electron chi connectivity index (χ4n) is 1.50. The minimum Gasteiger partial charge on any atom is -0.444 e. The van der Waals surface area contributed by atoms with Crippen molar-refractivity contribution in [1.29, 1.82) is 0 Å². The second kappa shape index (κ2) is 5.03. The third kappa shape index (κ3) is 2.42. The van der Waals surface area contributed by atoms with Crippen LogP contribution >= 0.6 is 0 Å². The van der Waals surface area contributed by atoms with E-state index in [1.54, 1.807) is 6.20 Å². The van der Waals surface area contributed by atoms with E-state index < -0.39 is 11.6 Å². The molecule has 18 heavy (non-hydrogen) atoms. The van der Waals surface area contributed by atoms with Crippen LogP contribution in [0.3, 0.4) is 0 Å². The normalized spacial score (nSPS) is 10.6. The Morgan fingerprint density at radius 2 is 2.17 bits per heavy atom. The summed E-state index contributed by atoms with van der Waals surface area (Å²) < 4.78 is 31.8. The van der Waals surface area contributed by atoms with Gasteiger partial charge in [-0.3, -0.25) is 0 Å². The molecule has 96 valence electrons. The van der Waals surface area contributed by atoms with Gasteiger partial charge >= 0.3 is 0 Å². The molecule has 3 N–H and O–H groups in total. The molecule has 0 unspecified atom stereocenters. The summed E-state index contributed by atoms with van der Waals surface area (Å²) >= 11 is 0. The predicted molar refractivity (Wildman–Crippen MR) is 64.0 cm³/mol. The SMILES string of the molecule is CCc1cnc(CNc2c(N)ccc(F)c2F)o1. The number of hydrogen-bond donors (Lipinski definition) is 2. The molecule has 1 aromatic carbocycles. The predicted octanol–water partition coefficient (Wildman–Crippen LogP) is 2.71. The van der Waals surface area contributed by atoms with Crippen molar-refractivity contribution in [3.05, 3.63) is 41.6 Å². The van der Waals surface area contributed by atoms with Crippen LogP contribution in [0.4, 0.5) is 20.2 Å². The van der Waals surface area contributed by atoms with Crippen LogP contribution in [0.2, 0.25) is 0 Å². The van der Waals surface area contributed by atoms with Crippen LogP contribution in [0, 0.1) is 11.6 Å². The summed E-state index contributed by atoms with van der Waals surface area (Å²) in [6.45, 7) is 2.08. The van der Waals surface area contributed by atoms with Crippen LogP contribution in [0.1, 0.15) is 18.6 Å². The molecule has 0 fully saturated rings. The average Bonchev–Trinajstić information content (AvgIpc) is 2.82. The van der Waals surface area contributed by atoms with E-state index in [2.05, 4.69) is 10.3 Å². The van der Waals surface area contributed by atoms with Crippen molar-refractivity contribution in [3.8, 4) is 0 Å². The van der Waals surface area contributed by atoms with Crippen molar-refractivity contribution < 1.29 is 13.2 Å². The van der Waals surface area contributed by atoms with Gasteiger partial charge in [-0.15, -0.1) is 0 Å². The molecule has 0 amide bonds. The number of halogens is 2. The Morgan fingerprint density at radius 1 is 1.39 bits per heavy atom. The van der Waals surface area contributed by atoms with Crippen LogP contribution in [-0.4, -0.2) is 4.98 Å². The average molecular weight is 253 g/mol. The van der Waals surface area contributed by atoms with E-state index in [1.165, 1.54) is 6.07 Å². The molecule has 0 aliphatic heterocycles. The number of oxazole rings is 1. The molecule has 0 bridgehead atoms. The monoisotopic (exact) mass is 253 g/mol. The third-order valence-electron chi connectivity index (χ3n) is 2.49. The van der Waals surface area contributed by atoms with Crippen molar-refractivity contribution in [2.75, 3.05) is 11.1 Å². The van der Waals surface area contributed by atoms with Gasteiger partial charge in [-0.1, -0.05) is 6.92 Å². The molecular formula is C12H13F2N3O. The number of rotatable bonds is 4. The molecule has 0 aliphatic rings. The zero-order valence-electron chi connectivity index (χ0n) is 9.84. The van der Waals surface area contributed by atoms with Crippen molar-refractivity contribution in [2.24, 2.45) is 0 Å². The Balaban J connectivity index is 2.12. The summed E-state index contributed by atoms with van der Waals surface area (Å²) in [6.07, 6.45) is 2.33. The molecule has 2 aromatic rings. The molecule has 1 heterocycles. The second-order valence-electron chi connectivity index (χ2n) is 3.75. The minimum atomic E-state index is -1.00. The Morgan fingerprint density at radius 3 is 2.83 bits per heavy atom. The molecule has 0 aliphatic carbocycles. The summed E-state index contributed by atoms with van der Waals surface area (Å²) in [5, 5.41) is 2.68. The Hall–Kier alpha value is -2.11. The Kier molecular flexibility index (Phi) is 3.45. The quantitative estimate of drug-likeness (QED) is 0.822. The largest absolute Gasteiger partial charge is 0.444 e. The van der Waals surface area contributed by atoms with Gasteiger partial charge in [0.2, 0.25) is 5.89 Å². The van der Waals surface area contributed by atoms with Gasteiger partial charge in [0.25, 0.3) is 0 Å². The highest BCUT2D eigenvalue weighted by molar-refractivity contribution is 5.66.